The summed E-state index contributed by atoms with van der Waals surface area (Å²) in [6.45, 7) is -0.721. The molecule has 0 bridgehead atoms. The third-order valence-corrected chi connectivity index (χ3v) is 6.32. The van der Waals surface area contributed by atoms with Crippen LogP contribution in [0.2, 0.25) is 0 Å². The lowest BCUT2D eigenvalue weighted by atomic mass is 9.96. The van der Waals surface area contributed by atoms with Crippen molar-refractivity contribution in [3.63, 3.8) is 0 Å². The van der Waals surface area contributed by atoms with Crippen LogP contribution in [-0.2, 0) is 31.6 Å². The number of hydrogen-bond acceptors (Lipinski definition) is 8. The molecular formula is C5H11BN3O11P3. The molecule has 0 aromatic rings. The predicted molar refractivity (Wildman–Crippen MR) is 71.8 cm³/mol. The number of phosphoric acid groups is 2. The number of hydrogen-bond donors (Lipinski definition) is 4. The summed E-state index contributed by atoms with van der Waals surface area (Å²) in [6.07, 6.45) is -2.19. The molecule has 2 radical (unpaired) electrons. The molecule has 1 aliphatic rings. The Morgan fingerprint density at radius 2 is 1.91 bits per heavy atom. The van der Waals surface area contributed by atoms with E-state index in [0.717, 1.165) is 0 Å². The number of aliphatic hydroxyl groups excluding tert-OH is 1. The third-order valence-electron chi connectivity index (χ3n) is 2.22. The summed E-state index contributed by atoms with van der Waals surface area (Å²) in [4.78, 5) is 30.5. The summed E-state index contributed by atoms with van der Waals surface area (Å²) in [5.74, 6) is 0. The minimum Gasteiger partial charge on any atom is -0.390 e. The molecule has 5 atom stereocenters. The molecule has 1 rings (SSSR count). The van der Waals surface area contributed by atoms with E-state index >= 15 is 0 Å². The van der Waals surface area contributed by atoms with E-state index < -0.39 is 48.2 Å². The van der Waals surface area contributed by atoms with Crippen molar-refractivity contribution in [3.8, 4) is 0 Å². The van der Waals surface area contributed by atoms with Gasteiger partial charge in [0.05, 0.1) is 12.7 Å². The quantitative estimate of drug-likeness (QED) is 0.144. The van der Waals surface area contributed by atoms with Gasteiger partial charge in [0, 0.05) is 15.8 Å². The van der Waals surface area contributed by atoms with Crippen LogP contribution < -0.4 is 0 Å². The van der Waals surface area contributed by atoms with Gasteiger partial charge < -0.3 is 29.0 Å². The van der Waals surface area contributed by atoms with Gasteiger partial charge in [-0.05, 0) is 12.0 Å². The predicted octanol–water partition coefficient (Wildman–Crippen LogP) is 0.292. The fourth-order valence-corrected chi connectivity index (χ4v) is 4.78. The number of rotatable bonds is 8. The summed E-state index contributed by atoms with van der Waals surface area (Å²) < 4.78 is 50.6. The van der Waals surface area contributed by atoms with E-state index in [4.69, 9.17) is 32.8 Å². The van der Waals surface area contributed by atoms with E-state index in [1.165, 1.54) is 0 Å². The van der Waals surface area contributed by atoms with Crippen molar-refractivity contribution in [3.05, 3.63) is 10.4 Å². The highest BCUT2D eigenvalue weighted by atomic mass is 31.3. The lowest BCUT2D eigenvalue weighted by Gasteiger charge is -2.19. The van der Waals surface area contributed by atoms with Gasteiger partial charge in [-0.3, -0.25) is 4.57 Å². The molecule has 0 spiro atoms. The fraction of sp³-hybridized carbons (Fsp3) is 1.00. The highest BCUT2D eigenvalue weighted by Crippen LogP contribution is 2.68. The molecule has 1 fully saturated rings. The second-order valence-electron chi connectivity index (χ2n) is 4.08. The van der Waals surface area contributed by atoms with E-state index in [0.29, 0.717) is 0 Å². The van der Waals surface area contributed by atoms with Crippen LogP contribution >= 0.6 is 23.4 Å². The molecule has 5 unspecified atom stereocenters. The monoisotopic (exact) mass is 393 g/mol. The molecule has 0 amide bonds. The van der Waals surface area contributed by atoms with Gasteiger partial charge >= 0.3 is 23.4 Å². The molecule has 0 aromatic heterocycles. The zero-order valence-corrected chi connectivity index (χ0v) is 13.7. The van der Waals surface area contributed by atoms with Crippen LogP contribution in [0.5, 0.6) is 0 Å². The van der Waals surface area contributed by atoms with E-state index in [9.17, 15) is 18.8 Å². The van der Waals surface area contributed by atoms with Gasteiger partial charge in [0.15, 0.2) is 0 Å². The Morgan fingerprint density at radius 1 is 1.30 bits per heavy atom. The van der Waals surface area contributed by atoms with Gasteiger partial charge in [0.2, 0.25) is 0 Å². The first-order valence-electron chi connectivity index (χ1n) is 5.57. The Hall–Kier alpha value is -0.255. The van der Waals surface area contributed by atoms with E-state index in [-0.39, 0.29) is 6.42 Å². The molecule has 1 heterocycles. The first-order valence-corrected chi connectivity index (χ1v) is 10.1. The molecule has 1 aliphatic heterocycles. The molecule has 0 saturated carbocycles. The molecule has 130 valence electrons. The number of azide groups is 1. The van der Waals surface area contributed by atoms with E-state index in [1.54, 1.807) is 0 Å². The molecule has 1 saturated heterocycles. The first-order chi connectivity index (χ1) is 10.4. The Morgan fingerprint density at radius 3 is 2.35 bits per heavy atom. The Kier molecular flexibility index (Phi) is 7.01. The lowest BCUT2D eigenvalue weighted by Crippen LogP contribution is -2.26. The second-order valence-corrected chi connectivity index (χ2v) is 8.68. The van der Waals surface area contributed by atoms with Crippen LogP contribution in [0.15, 0.2) is 4.88 Å². The van der Waals surface area contributed by atoms with Crippen molar-refractivity contribution in [2.24, 2.45) is 4.88 Å². The largest absolute Gasteiger partial charge is 0.488 e. The van der Waals surface area contributed by atoms with Crippen molar-refractivity contribution in [2.75, 3.05) is 6.61 Å². The SMILES string of the molecule is [B]C1CC(O)C(COP(=O)(N=[N+]=[N-])OP(=O)(O)OP(=O)(O)O)O1. The van der Waals surface area contributed by atoms with Crippen LogP contribution in [0.3, 0.4) is 0 Å². The smallest absolute Gasteiger partial charge is 0.390 e. The zero-order chi connectivity index (χ0) is 17.9. The maximum atomic E-state index is 12.0. The normalized spacial score (nSPS) is 30.2. The summed E-state index contributed by atoms with van der Waals surface area (Å²) in [5, 5.41) is 9.52. The summed E-state index contributed by atoms with van der Waals surface area (Å²) in [6, 6.07) is -0.833. The van der Waals surface area contributed by atoms with Crippen LogP contribution in [0.1, 0.15) is 6.42 Å². The topological polar surface area (TPSA) is 218 Å². The van der Waals surface area contributed by atoms with Crippen LogP contribution in [0.25, 0.3) is 10.4 Å². The van der Waals surface area contributed by atoms with Crippen molar-refractivity contribution in [1.29, 1.82) is 0 Å². The molecule has 0 aliphatic carbocycles. The Balaban J connectivity index is 2.79. The van der Waals surface area contributed by atoms with Crippen LogP contribution in [0.4, 0.5) is 0 Å². The lowest BCUT2D eigenvalue weighted by molar-refractivity contribution is 0.000269. The summed E-state index contributed by atoms with van der Waals surface area (Å²) >= 11 is 0. The summed E-state index contributed by atoms with van der Waals surface area (Å²) in [5.41, 5.74) is 8.28. The number of ether oxygens (including phenoxy) is 1. The fourth-order valence-electron chi connectivity index (χ4n) is 1.47. The maximum Gasteiger partial charge on any atom is 0.488 e. The molecule has 14 nitrogen and oxygen atoms in total. The molecule has 18 heteroatoms. The maximum absolute atomic E-state index is 12.0. The van der Waals surface area contributed by atoms with Crippen molar-refractivity contribution in [1.82, 2.24) is 0 Å². The van der Waals surface area contributed by atoms with Gasteiger partial charge in [0.1, 0.15) is 14.0 Å². The van der Waals surface area contributed by atoms with Gasteiger partial charge in [-0.2, -0.15) is 4.31 Å². The second kappa shape index (κ2) is 7.75. The number of nitrogens with zero attached hydrogens (tertiary/aromatic N) is 3. The third kappa shape index (κ3) is 7.44. The molecule has 23 heavy (non-hydrogen) atoms. The van der Waals surface area contributed by atoms with Gasteiger partial charge in [0.25, 0.3) is 0 Å². The standard InChI is InChI=1S/C5H11BN3O11P3/c6-5-1-3(10)4(18-5)2-17-21(11,9-8-7)19-23(15,16)20-22(12,13)14/h3-5,10H,1-2H2,(H,15,16)(H2,12,13,14). The van der Waals surface area contributed by atoms with Gasteiger partial charge in [-0.15, -0.1) is 0 Å². The minimum atomic E-state index is -5.60. The van der Waals surface area contributed by atoms with Crippen LogP contribution in [-0.4, -0.2) is 52.5 Å². The van der Waals surface area contributed by atoms with Crippen molar-refractivity contribution < 1.29 is 51.4 Å². The van der Waals surface area contributed by atoms with Crippen molar-refractivity contribution >= 4 is 31.2 Å². The van der Waals surface area contributed by atoms with E-state index in [1.807, 2.05) is 0 Å². The zero-order valence-electron chi connectivity index (χ0n) is 11.1. The average molecular weight is 393 g/mol. The van der Waals surface area contributed by atoms with E-state index in [2.05, 4.69) is 22.9 Å². The Labute approximate surface area is 130 Å². The van der Waals surface area contributed by atoms with Gasteiger partial charge in [-0.25, -0.2) is 13.4 Å². The first kappa shape index (κ1) is 20.8. The summed E-state index contributed by atoms with van der Waals surface area (Å²) in [7, 11) is -10.7. The molecule has 0 aromatic carbocycles. The Bertz CT molecular complexity index is 618. The highest BCUT2D eigenvalue weighted by Gasteiger charge is 2.42. The average Bonchev–Trinajstić information content (AvgIpc) is 2.61. The minimum absolute atomic E-state index is 0.0283. The highest BCUT2D eigenvalue weighted by molar-refractivity contribution is 7.68. The van der Waals surface area contributed by atoms with Crippen molar-refractivity contribution in [2.45, 2.75) is 24.6 Å². The molecular weight excluding hydrogens is 382 g/mol. The molecule has 4 N–H and O–H groups in total. The number of aliphatic hydroxyl groups is 1. The van der Waals surface area contributed by atoms with Gasteiger partial charge in [-0.1, -0.05) is 0 Å². The van der Waals surface area contributed by atoms with Crippen LogP contribution in [0, 0.1) is 0 Å².